The summed E-state index contributed by atoms with van der Waals surface area (Å²) >= 11 is 0. The lowest BCUT2D eigenvalue weighted by molar-refractivity contribution is -0.143. The molecule has 0 aliphatic carbocycles. The van der Waals surface area contributed by atoms with E-state index in [1.54, 1.807) is 0 Å². The van der Waals surface area contributed by atoms with Crippen molar-refractivity contribution in [2.24, 2.45) is 5.11 Å². The first kappa shape index (κ1) is 16.8. The predicted molar refractivity (Wildman–Crippen MR) is 78.3 cm³/mol. The number of esters is 1. The summed E-state index contributed by atoms with van der Waals surface area (Å²) in [5.74, 6) is -0.0763. The van der Waals surface area contributed by atoms with E-state index in [1.165, 1.54) is 6.42 Å². The van der Waals surface area contributed by atoms with Crippen LogP contribution in [0.2, 0.25) is 0 Å². The summed E-state index contributed by atoms with van der Waals surface area (Å²) in [5.41, 5.74) is 8.39. The van der Waals surface area contributed by atoms with Crippen molar-refractivity contribution >= 4 is 5.97 Å². The van der Waals surface area contributed by atoms with Crippen molar-refractivity contribution < 1.29 is 9.53 Å². The van der Waals surface area contributed by atoms with E-state index in [9.17, 15) is 4.79 Å². The van der Waals surface area contributed by atoms with Crippen molar-refractivity contribution in [3.05, 3.63) is 10.4 Å². The molecule has 0 saturated carbocycles. The number of carbonyl (C=O) groups is 1. The number of piperidine rings is 1. The minimum Gasteiger partial charge on any atom is -0.466 e. The molecule has 1 rings (SSSR count). The molecule has 0 unspecified atom stereocenters. The average molecular weight is 282 g/mol. The summed E-state index contributed by atoms with van der Waals surface area (Å²) in [6.07, 6.45) is 6.86. The molecule has 6 nitrogen and oxygen atoms in total. The molecular weight excluding hydrogens is 256 g/mol. The van der Waals surface area contributed by atoms with Crippen molar-refractivity contribution in [3.8, 4) is 0 Å². The molecule has 1 aliphatic heterocycles. The van der Waals surface area contributed by atoms with Gasteiger partial charge >= 0.3 is 5.97 Å². The van der Waals surface area contributed by atoms with Gasteiger partial charge < -0.3 is 9.64 Å². The fraction of sp³-hybridized carbons (Fsp3) is 0.929. The Balaban J connectivity index is 1.95. The molecular formula is C14H26N4O2. The molecule has 0 atom stereocenters. The van der Waals surface area contributed by atoms with E-state index >= 15 is 0 Å². The molecule has 0 spiro atoms. The molecule has 1 aliphatic rings. The van der Waals surface area contributed by atoms with Crippen LogP contribution in [0.25, 0.3) is 10.4 Å². The van der Waals surface area contributed by atoms with E-state index in [1.807, 2.05) is 6.92 Å². The number of rotatable bonds is 9. The van der Waals surface area contributed by atoms with Gasteiger partial charge in [-0.3, -0.25) is 4.79 Å². The van der Waals surface area contributed by atoms with E-state index < -0.39 is 0 Å². The van der Waals surface area contributed by atoms with Crippen LogP contribution in [0, 0.1) is 0 Å². The molecule has 6 heteroatoms. The van der Waals surface area contributed by atoms with Gasteiger partial charge in [-0.1, -0.05) is 18.0 Å². The molecule has 20 heavy (non-hydrogen) atoms. The number of hydrogen-bond donors (Lipinski definition) is 0. The zero-order chi connectivity index (χ0) is 14.6. The molecule has 0 aromatic rings. The number of carbonyl (C=O) groups excluding carboxylic acids is 1. The standard InChI is InChI=1S/C14H26N4O2/c1-2-20-14(19)7-5-3-4-6-10-18-11-8-13(9-12-18)16-17-15/h13H,2-12H2,1H3. The van der Waals surface area contributed by atoms with Crippen LogP contribution >= 0.6 is 0 Å². The summed E-state index contributed by atoms with van der Waals surface area (Å²) < 4.78 is 4.89. The maximum atomic E-state index is 11.1. The van der Waals surface area contributed by atoms with Gasteiger partial charge in [0.25, 0.3) is 0 Å². The number of unbranched alkanes of at least 4 members (excludes halogenated alkanes) is 3. The van der Waals surface area contributed by atoms with E-state index in [0.29, 0.717) is 13.0 Å². The fourth-order valence-electron chi connectivity index (χ4n) is 2.52. The maximum absolute atomic E-state index is 11.1. The Morgan fingerprint density at radius 3 is 2.65 bits per heavy atom. The minimum atomic E-state index is -0.0763. The molecule has 0 radical (unpaired) electrons. The predicted octanol–water partition coefficient (Wildman–Crippen LogP) is 3.27. The van der Waals surface area contributed by atoms with Crippen LogP contribution in [-0.2, 0) is 9.53 Å². The lowest BCUT2D eigenvalue weighted by Gasteiger charge is -2.29. The summed E-state index contributed by atoms with van der Waals surface area (Å²) in [5, 5.41) is 3.78. The van der Waals surface area contributed by atoms with Crippen molar-refractivity contribution in [2.75, 3.05) is 26.2 Å². The van der Waals surface area contributed by atoms with E-state index in [0.717, 1.165) is 51.7 Å². The quantitative estimate of drug-likeness (QED) is 0.214. The lowest BCUT2D eigenvalue weighted by atomic mass is 10.1. The zero-order valence-electron chi connectivity index (χ0n) is 12.5. The zero-order valence-corrected chi connectivity index (χ0v) is 12.5. The molecule has 0 aromatic heterocycles. The van der Waals surface area contributed by atoms with Crippen LogP contribution in [0.3, 0.4) is 0 Å². The number of likely N-dealkylation sites (tertiary alicyclic amines) is 1. The number of ether oxygens (including phenoxy) is 1. The summed E-state index contributed by atoms with van der Waals surface area (Å²) in [6, 6.07) is 0.195. The maximum Gasteiger partial charge on any atom is 0.305 e. The Morgan fingerprint density at radius 2 is 2.00 bits per heavy atom. The molecule has 0 N–H and O–H groups in total. The molecule has 114 valence electrons. The highest BCUT2D eigenvalue weighted by atomic mass is 16.5. The normalized spacial score (nSPS) is 16.6. The van der Waals surface area contributed by atoms with Crippen LogP contribution in [0.4, 0.5) is 0 Å². The van der Waals surface area contributed by atoms with Crippen molar-refractivity contribution in [1.82, 2.24) is 4.90 Å². The van der Waals surface area contributed by atoms with E-state index in [-0.39, 0.29) is 12.0 Å². The third-order valence-electron chi connectivity index (χ3n) is 3.68. The third kappa shape index (κ3) is 7.36. The van der Waals surface area contributed by atoms with Gasteiger partial charge in [0.15, 0.2) is 0 Å². The molecule has 0 bridgehead atoms. The number of azide groups is 1. The molecule has 1 heterocycles. The Kier molecular flexibility index (Phi) is 8.83. The highest BCUT2D eigenvalue weighted by Gasteiger charge is 2.17. The first-order valence-corrected chi connectivity index (χ1v) is 7.68. The third-order valence-corrected chi connectivity index (χ3v) is 3.68. The van der Waals surface area contributed by atoms with Crippen molar-refractivity contribution in [1.29, 1.82) is 0 Å². The van der Waals surface area contributed by atoms with Crippen molar-refractivity contribution in [3.63, 3.8) is 0 Å². The van der Waals surface area contributed by atoms with Crippen LogP contribution in [0.5, 0.6) is 0 Å². The van der Waals surface area contributed by atoms with Crippen LogP contribution in [0.15, 0.2) is 5.11 Å². The molecule has 0 aromatic carbocycles. The van der Waals surface area contributed by atoms with Crippen LogP contribution < -0.4 is 0 Å². The SMILES string of the molecule is CCOC(=O)CCCCCCN1CCC(N=[N+]=[N-])CC1. The van der Waals surface area contributed by atoms with Gasteiger partial charge in [0.05, 0.1) is 6.61 Å². The number of nitrogens with zero attached hydrogens (tertiary/aromatic N) is 4. The lowest BCUT2D eigenvalue weighted by Crippen LogP contribution is -2.35. The van der Waals surface area contributed by atoms with Gasteiger partial charge in [-0.25, -0.2) is 0 Å². The minimum absolute atomic E-state index is 0.0763. The van der Waals surface area contributed by atoms with E-state index in [4.69, 9.17) is 10.3 Å². The highest BCUT2D eigenvalue weighted by Crippen LogP contribution is 2.14. The van der Waals surface area contributed by atoms with Gasteiger partial charge in [-0.2, -0.15) is 0 Å². The second-order valence-corrected chi connectivity index (χ2v) is 5.25. The molecule has 0 amide bonds. The second kappa shape index (κ2) is 10.5. The van der Waals surface area contributed by atoms with Gasteiger partial charge in [0.2, 0.25) is 0 Å². The topological polar surface area (TPSA) is 78.3 Å². The first-order chi connectivity index (χ1) is 9.76. The van der Waals surface area contributed by atoms with Crippen LogP contribution in [0.1, 0.15) is 51.9 Å². The Hall–Kier alpha value is -1.26. The smallest absolute Gasteiger partial charge is 0.305 e. The highest BCUT2D eigenvalue weighted by molar-refractivity contribution is 5.69. The number of hydrogen-bond acceptors (Lipinski definition) is 4. The first-order valence-electron chi connectivity index (χ1n) is 7.68. The van der Waals surface area contributed by atoms with Crippen molar-refractivity contribution in [2.45, 2.75) is 57.9 Å². The van der Waals surface area contributed by atoms with Gasteiger partial charge in [0, 0.05) is 17.4 Å². The fourth-order valence-corrected chi connectivity index (χ4v) is 2.52. The molecule has 1 saturated heterocycles. The summed E-state index contributed by atoms with van der Waals surface area (Å²) in [4.78, 5) is 16.5. The summed E-state index contributed by atoms with van der Waals surface area (Å²) in [6.45, 7) is 5.50. The molecule has 1 fully saturated rings. The van der Waals surface area contributed by atoms with Gasteiger partial charge in [-0.15, -0.1) is 0 Å². The van der Waals surface area contributed by atoms with Gasteiger partial charge in [-0.05, 0) is 57.8 Å². The Bertz CT molecular complexity index is 321. The largest absolute Gasteiger partial charge is 0.466 e. The van der Waals surface area contributed by atoms with E-state index in [2.05, 4.69) is 14.9 Å². The summed E-state index contributed by atoms with van der Waals surface area (Å²) in [7, 11) is 0. The van der Waals surface area contributed by atoms with Crippen LogP contribution in [-0.4, -0.2) is 43.2 Å². The monoisotopic (exact) mass is 282 g/mol. The van der Waals surface area contributed by atoms with Gasteiger partial charge in [0.1, 0.15) is 0 Å². The Morgan fingerprint density at radius 1 is 1.30 bits per heavy atom. The average Bonchev–Trinajstić information content (AvgIpc) is 2.45. The second-order valence-electron chi connectivity index (χ2n) is 5.25. The Labute approximate surface area is 121 Å².